The summed E-state index contributed by atoms with van der Waals surface area (Å²) in [6.45, 7) is 2.93. The van der Waals surface area contributed by atoms with E-state index in [-0.39, 0.29) is 5.91 Å². The van der Waals surface area contributed by atoms with Gasteiger partial charge in [-0.1, -0.05) is 0 Å². The largest absolute Gasteiger partial charge is 0.384 e. The molecule has 1 fully saturated rings. The molecule has 0 bridgehead atoms. The first kappa shape index (κ1) is 11.5. The molecule has 1 rings (SSSR count). The van der Waals surface area contributed by atoms with E-state index >= 15 is 0 Å². The number of piperidine rings is 1. The summed E-state index contributed by atoms with van der Waals surface area (Å²) in [5.74, 6) is 0.698. The Morgan fingerprint density at radius 1 is 1.64 bits per heavy atom. The Hall–Kier alpha value is -0.610. The summed E-state index contributed by atoms with van der Waals surface area (Å²) in [6.07, 6.45) is 2.73. The Labute approximate surface area is 85.4 Å². The normalized spacial score (nSPS) is 22.4. The van der Waals surface area contributed by atoms with E-state index < -0.39 is 0 Å². The molecule has 0 saturated carbocycles. The highest BCUT2D eigenvalue weighted by molar-refractivity contribution is 5.76. The molecule has 0 spiro atoms. The summed E-state index contributed by atoms with van der Waals surface area (Å²) in [7, 11) is 1.71. The van der Waals surface area contributed by atoms with Crippen LogP contribution in [0.4, 0.5) is 0 Å². The number of nitrogens with two attached hydrogens (primary N) is 1. The number of nitrogens with zero attached hydrogens (tertiary/aromatic N) is 1. The lowest BCUT2D eigenvalue weighted by Gasteiger charge is -2.32. The molecule has 0 aromatic rings. The minimum absolute atomic E-state index is 0.188. The molecule has 1 aliphatic heterocycles. The number of likely N-dealkylation sites (tertiary alicyclic amines) is 1. The zero-order valence-electron chi connectivity index (χ0n) is 8.87. The van der Waals surface area contributed by atoms with Crippen molar-refractivity contribution in [2.24, 2.45) is 11.7 Å². The number of carbonyl (C=O) groups is 1. The third-order valence-corrected chi connectivity index (χ3v) is 2.63. The maximum Gasteiger partial charge on any atom is 0.223 e. The fraction of sp³-hybridized carbons (Fsp3) is 0.900. The first-order valence-electron chi connectivity index (χ1n) is 5.24. The van der Waals surface area contributed by atoms with Gasteiger partial charge in [-0.2, -0.15) is 0 Å². The molecule has 0 radical (unpaired) electrons. The average Bonchev–Trinajstić information content (AvgIpc) is 2.19. The molecule has 14 heavy (non-hydrogen) atoms. The van der Waals surface area contributed by atoms with Crippen molar-refractivity contribution in [3.63, 3.8) is 0 Å². The van der Waals surface area contributed by atoms with E-state index in [0.717, 1.165) is 26.1 Å². The Kier molecular flexibility index (Phi) is 4.90. The molecule has 1 aliphatic rings. The van der Waals surface area contributed by atoms with Crippen LogP contribution in [-0.4, -0.2) is 44.2 Å². The van der Waals surface area contributed by atoms with Gasteiger partial charge in [-0.25, -0.2) is 0 Å². The quantitative estimate of drug-likeness (QED) is 0.706. The molecule has 2 N–H and O–H groups in total. The fourth-order valence-corrected chi connectivity index (χ4v) is 1.94. The smallest absolute Gasteiger partial charge is 0.223 e. The molecule has 4 nitrogen and oxygen atoms in total. The van der Waals surface area contributed by atoms with E-state index in [1.54, 1.807) is 7.11 Å². The van der Waals surface area contributed by atoms with Crippen LogP contribution in [-0.2, 0) is 9.53 Å². The highest BCUT2D eigenvalue weighted by Gasteiger charge is 2.22. The lowest BCUT2D eigenvalue weighted by Crippen LogP contribution is -2.41. The Balaban J connectivity index is 2.35. The van der Waals surface area contributed by atoms with Gasteiger partial charge in [0.2, 0.25) is 5.91 Å². The van der Waals surface area contributed by atoms with Crippen LogP contribution in [0.1, 0.15) is 19.3 Å². The van der Waals surface area contributed by atoms with Crippen LogP contribution >= 0.6 is 0 Å². The minimum atomic E-state index is 0.188. The zero-order valence-corrected chi connectivity index (χ0v) is 8.87. The van der Waals surface area contributed by atoms with Crippen LogP contribution in [0.3, 0.4) is 0 Å². The highest BCUT2D eigenvalue weighted by atomic mass is 16.5. The third-order valence-electron chi connectivity index (χ3n) is 2.63. The summed E-state index contributed by atoms with van der Waals surface area (Å²) in [4.78, 5) is 13.5. The summed E-state index contributed by atoms with van der Waals surface area (Å²) in [6, 6.07) is 0. The van der Waals surface area contributed by atoms with Crippen LogP contribution in [0.15, 0.2) is 0 Å². The van der Waals surface area contributed by atoms with Gasteiger partial charge in [0.15, 0.2) is 0 Å². The Morgan fingerprint density at radius 2 is 2.43 bits per heavy atom. The van der Waals surface area contributed by atoms with Crippen molar-refractivity contribution in [2.75, 3.05) is 33.4 Å². The molecular weight excluding hydrogens is 180 g/mol. The molecular formula is C10H20N2O2. The number of carbonyl (C=O) groups excluding carboxylic acids is 1. The number of ether oxygens (including phenoxy) is 1. The van der Waals surface area contributed by atoms with Crippen molar-refractivity contribution in [3.05, 3.63) is 0 Å². The van der Waals surface area contributed by atoms with E-state index in [2.05, 4.69) is 0 Å². The molecule has 0 aromatic carbocycles. The second-order valence-electron chi connectivity index (χ2n) is 3.84. The maximum absolute atomic E-state index is 11.6. The maximum atomic E-state index is 11.6. The third kappa shape index (κ3) is 3.27. The van der Waals surface area contributed by atoms with Gasteiger partial charge < -0.3 is 15.4 Å². The molecule has 1 heterocycles. The minimum Gasteiger partial charge on any atom is -0.384 e. The predicted molar refractivity (Wildman–Crippen MR) is 54.9 cm³/mol. The van der Waals surface area contributed by atoms with Crippen LogP contribution < -0.4 is 5.73 Å². The van der Waals surface area contributed by atoms with E-state index in [1.807, 2.05) is 4.90 Å². The summed E-state index contributed by atoms with van der Waals surface area (Å²) < 4.78 is 5.11. The van der Waals surface area contributed by atoms with Gasteiger partial charge in [0, 0.05) is 33.2 Å². The van der Waals surface area contributed by atoms with Crippen molar-refractivity contribution in [1.29, 1.82) is 0 Å². The molecule has 1 atom stereocenters. The fourth-order valence-electron chi connectivity index (χ4n) is 1.94. The number of rotatable bonds is 4. The van der Waals surface area contributed by atoms with Crippen LogP contribution in [0.2, 0.25) is 0 Å². The monoisotopic (exact) mass is 200 g/mol. The van der Waals surface area contributed by atoms with Crippen LogP contribution in [0, 0.1) is 5.92 Å². The van der Waals surface area contributed by atoms with Gasteiger partial charge in [-0.05, 0) is 18.8 Å². The van der Waals surface area contributed by atoms with E-state index in [0.29, 0.717) is 18.9 Å². The van der Waals surface area contributed by atoms with Gasteiger partial charge in [-0.15, -0.1) is 0 Å². The van der Waals surface area contributed by atoms with Crippen LogP contribution in [0.25, 0.3) is 0 Å². The molecule has 4 heteroatoms. The first-order valence-corrected chi connectivity index (χ1v) is 5.24. The second kappa shape index (κ2) is 5.98. The van der Waals surface area contributed by atoms with E-state index in [9.17, 15) is 4.79 Å². The van der Waals surface area contributed by atoms with Crippen molar-refractivity contribution in [3.8, 4) is 0 Å². The number of hydrogen-bond acceptors (Lipinski definition) is 3. The number of amides is 1. The molecule has 0 aromatic heterocycles. The molecule has 82 valence electrons. The Bertz CT molecular complexity index is 183. The SMILES string of the molecule is COCC1CCCN(C(=O)CCN)C1. The van der Waals surface area contributed by atoms with Gasteiger partial charge in [0.25, 0.3) is 0 Å². The molecule has 0 aliphatic carbocycles. The standard InChI is InChI=1S/C10H20N2O2/c1-14-8-9-3-2-6-12(7-9)10(13)4-5-11/h9H,2-8,11H2,1H3. The lowest BCUT2D eigenvalue weighted by atomic mass is 9.99. The van der Waals surface area contributed by atoms with Crippen molar-refractivity contribution < 1.29 is 9.53 Å². The first-order chi connectivity index (χ1) is 6.77. The van der Waals surface area contributed by atoms with Gasteiger partial charge >= 0.3 is 0 Å². The highest BCUT2D eigenvalue weighted by Crippen LogP contribution is 2.16. The van der Waals surface area contributed by atoms with Gasteiger partial charge in [-0.3, -0.25) is 4.79 Å². The second-order valence-corrected chi connectivity index (χ2v) is 3.84. The van der Waals surface area contributed by atoms with Crippen LogP contribution in [0.5, 0.6) is 0 Å². The summed E-state index contributed by atoms with van der Waals surface area (Å²) in [5, 5.41) is 0. The molecule has 1 amide bonds. The van der Waals surface area contributed by atoms with Gasteiger partial charge in [0.1, 0.15) is 0 Å². The number of methoxy groups -OCH3 is 1. The topological polar surface area (TPSA) is 55.6 Å². The van der Waals surface area contributed by atoms with E-state index in [4.69, 9.17) is 10.5 Å². The molecule has 1 saturated heterocycles. The van der Waals surface area contributed by atoms with Gasteiger partial charge in [0.05, 0.1) is 6.61 Å². The summed E-state index contributed by atoms with van der Waals surface area (Å²) in [5.41, 5.74) is 5.36. The van der Waals surface area contributed by atoms with Crippen molar-refractivity contribution in [1.82, 2.24) is 4.90 Å². The number of hydrogen-bond donors (Lipinski definition) is 1. The van der Waals surface area contributed by atoms with E-state index in [1.165, 1.54) is 6.42 Å². The van der Waals surface area contributed by atoms with Crippen molar-refractivity contribution >= 4 is 5.91 Å². The lowest BCUT2D eigenvalue weighted by molar-refractivity contribution is -0.133. The Morgan fingerprint density at radius 3 is 3.07 bits per heavy atom. The average molecular weight is 200 g/mol. The zero-order chi connectivity index (χ0) is 10.4. The van der Waals surface area contributed by atoms with Crippen molar-refractivity contribution in [2.45, 2.75) is 19.3 Å². The molecule has 1 unspecified atom stereocenters. The summed E-state index contributed by atoms with van der Waals surface area (Å²) >= 11 is 0. The predicted octanol–water partition coefficient (Wildman–Crippen LogP) is 0.220.